The van der Waals surface area contributed by atoms with Gasteiger partial charge in [-0.05, 0) is 62.4 Å². The number of thiophene rings is 1. The number of rotatable bonds is 6. The lowest BCUT2D eigenvalue weighted by Crippen LogP contribution is -2.33. The largest absolute Gasteiger partial charge is 0.467 e. The minimum Gasteiger partial charge on any atom is -0.467 e. The van der Waals surface area contributed by atoms with Crippen LogP contribution >= 0.6 is 11.3 Å². The fourth-order valence-corrected chi connectivity index (χ4v) is 4.96. The van der Waals surface area contributed by atoms with Crippen molar-refractivity contribution in [1.82, 2.24) is 9.47 Å². The van der Waals surface area contributed by atoms with E-state index in [0.717, 1.165) is 36.4 Å². The molecular weight excluding hydrogens is 384 g/mol. The summed E-state index contributed by atoms with van der Waals surface area (Å²) in [6.45, 7) is 5.57. The first-order valence-corrected chi connectivity index (χ1v) is 10.7. The van der Waals surface area contributed by atoms with E-state index in [4.69, 9.17) is 4.42 Å². The molecule has 3 aromatic heterocycles. The van der Waals surface area contributed by atoms with Gasteiger partial charge in [0.2, 0.25) is 5.91 Å². The molecule has 4 heterocycles. The molecule has 0 unspecified atom stereocenters. The van der Waals surface area contributed by atoms with Gasteiger partial charge < -0.3 is 14.3 Å². The monoisotopic (exact) mass is 408 g/mol. The van der Waals surface area contributed by atoms with Crippen molar-refractivity contribution >= 4 is 23.1 Å². The molecule has 7 heteroatoms. The van der Waals surface area contributed by atoms with Crippen LogP contribution < -0.4 is 5.32 Å². The van der Waals surface area contributed by atoms with Crippen molar-refractivity contribution in [3.63, 3.8) is 0 Å². The van der Waals surface area contributed by atoms with Gasteiger partial charge >= 0.3 is 0 Å². The Balaban J connectivity index is 1.54. The van der Waals surface area contributed by atoms with Gasteiger partial charge in [-0.15, -0.1) is 11.3 Å². The fraction of sp³-hybridized carbons (Fsp3) is 0.364. The highest BCUT2D eigenvalue weighted by Gasteiger charge is 2.29. The van der Waals surface area contributed by atoms with Crippen LogP contribution in [-0.4, -0.2) is 28.5 Å². The van der Waals surface area contributed by atoms with Crippen molar-refractivity contribution in [2.45, 2.75) is 39.3 Å². The number of nitrogens with zero attached hydrogens (tertiary/aromatic N) is 3. The van der Waals surface area contributed by atoms with E-state index in [-0.39, 0.29) is 5.91 Å². The van der Waals surface area contributed by atoms with Gasteiger partial charge in [0.1, 0.15) is 17.6 Å². The molecule has 0 saturated carbocycles. The fourth-order valence-electron chi connectivity index (χ4n) is 4.06. The van der Waals surface area contributed by atoms with Gasteiger partial charge in [-0.25, -0.2) is 0 Å². The molecule has 1 N–H and O–H groups in total. The van der Waals surface area contributed by atoms with Crippen LogP contribution in [0.4, 0.5) is 5.82 Å². The van der Waals surface area contributed by atoms with Crippen LogP contribution in [-0.2, 0) is 11.3 Å². The molecule has 0 spiro atoms. The Morgan fingerprint density at radius 1 is 1.38 bits per heavy atom. The normalized spacial score (nSPS) is 16.8. The maximum Gasteiger partial charge on any atom is 0.239 e. The van der Waals surface area contributed by atoms with Crippen molar-refractivity contribution in [2.75, 3.05) is 18.4 Å². The predicted molar refractivity (Wildman–Crippen MR) is 113 cm³/mol. The molecule has 150 valence electrons. The van der Waals surface area contributed by atoms with Gasteiger partial charge in [0, 0.05) is 16.6 Å². The number of carbonyl (C=O) groups is 1. The number of hydrogen-bond acceptors (Lipinski definition) is 5. The topological polar surface area (TPSA) is 74.2 Å². The quantitative estimate of drug-likeness (QED) is 0.654. The van der Waals surface area contributed by atoms with Crippen LogP contribution in [0.15, 0.2) is 40.3 Å². The van der Waals surface area contributed by atoms with Gasteiger partial charge in [-0.1, -0.05) is 6.07 Å². The molecule has 0 bridgehead atoms. The first kappa shape index (κ1) is 19.5. The minimum atomic E-state index is -0.0943. The number of nitrogens with one attached hydrogen (secondary N) is 1. The third-order valence-electron chi connectivity index (χ3n) is 5.67. The second-order valence-corrected chi connectivity index (χ2v) is 8.38. The van der Waals surface area contributed by atoms with Crippen molar-refractivity contribution in [3.05, 3.63) is 63.4 Å². The lowest BCUT2D eigenvalue weighted by Gasteiger charge is -2.23. The number of aromatic nitrogens is 1. The highest BCUT2D eigenvalue weighted by Crippen LogP contribution is 2.34. The molecule has 4 rings (SSSR count). The zero-order valence-corrected chi connectivity index (χ0v) is 17.5. The van der Waals surface area contributed by atoms with Gasteiger partial charge in [0.05, 0.1) is 24.9 Å². The second-order valence-electron chi connectivity index (χ2n) is 7.40. The van der Waals surface area contributed by atoms with Crippen molar-refractivity contribution in [2.24, 2.45) is 0 Å². The van der Waals surface area contributed by atoms with E-state index in [0.29, 0.717) is 30.5 Å². The maximum atomic E-state index is 12.9. The van der Waals surface area contributed by atoms with E-state index in [2.05, 4.69) is 33.8 Å². The first-order valence-electron chi connectivity index (χ1n) is 9.78. The molecule has 29 heavy (non-hydrogen) atoms. The Hall–Kier alpha value is -2.82. The summed E-state index contributed by atoms with van der Waals surface area (Å²) in [7, 11) is 0. The third kappa shape index (κ3) is 3.86. The Morgan fingerprint density at radius 3 is 2.93 bits per heavy atom. The van der Waals surface area contributed by atoms with E-state index in [1.807, 2.05) is 30.5 Å². The number of furan rings is 1. The summed E-state index contributed by atoms with van der Waals surface area (Å²) in [6.07, 6.45) is 3.79. The SMILES string of the molecule is Cc1c(C#N)c(NC(=O)CN2CCC[C@@H]2c2cccs2)n(Cc2ccco2)c1C. The molecule has 0 radical (unpaired) electrons. The average Bonchev–Trinajstić information content (AvgIpc) is 3.48. The summed E-state index contributed by atoms with van der Waals surface area (Å²) in [5, 5.41) is 14.8. The van der Waals surface area contributed by atoms with Crippen molar-refractivity contribution in [1.29, 1.82) is 5.26 Å². The molecule has 1 saturated heterocycles. The van der Waals surface area contributed by atoms with Gasteiger partial charge in [-0.2, -0.15) is 5.26 Å². The van der Waals surface area contributed by atoms with Crippen LogP contribution in [0.2, 0.25) is 0 Å². The van der Waals surface area contributed by atoms with Gasteiger partial charge in [0.25, 0.3) is 0 Å². The summed E-state index contributed by atoms with van der Waals surface area (Å²) in [6, 6.07) is 10.5. The third-order valence-corrected chi connectivity index (χ3v) is 6.65. The summed E-state index contributed by atoms with van der Waals surface area (Å²) >= 11 is 1.74. The summed E-state index contributed by atoms with van der Waals surface area (Å²) in [4.78, 5) is 16.5. The van der Waals surface area contributed by atoms with E-state index >= 15 is 0 Å². The zero-order chi connectivity index (χ0) is 20.4. The molecule has 3 aromatic rings. The summed E-state index contributed by atoms with van der Waals surface area (Å²) < 4.78 is 7.42. The summed E-state index contributed by atoms with van der Waals surface area (Å²) in [5.74, 6) is 1.24. The number of anilines is 1. The lowest BCUT2D eigenvalue weighted by molar-refractivity contribution is -0.117. The predicted octanol–water partition coefficient (Wildman–Crippen LogP) is 4.46. The van der Waals surface area contributed by atoms with E-state index in [9.17, 15) is 10.1 Å². The Bertz CT molecular complexity index is 1030. The molecule has 6 nitrogen and oxygen atoms in total. The average molecular weight is 409 g/mol. The van der Waals surface area contributed by atoms with Crippen molar-refractivity contribution < 1.29 is 9.21 Å². The van der Waals surface area contributed by atoms with Crippen LogP contribution in [0.3, 0.4) is 0 Å². The maximum absolute atomic E-state index is 12.9. The highest BCUT2D eigenvalue weighted by molar-refractivity contribution is 7.10. The molecule has 1 atom stereocenters. The number of carbonyl (C=O) groups excluding carboxylic acids is 1. The van der Waals surface area contributed by atoms with E-state index in [1.165, 1.54) is 4.88 Å². The van der Waals surface area contributed by atoms with Crippen LogP contribution in [0.1, 0.15) is 46.3 Å². The summed E-state index contributed by atoms with van der Waals surface area (Å²) in [5.41, 5.74) is 2.34. The number of likely N-dealkylation sites (tertiary alicyclic amines) is 1. The van der Waals surface area contributed by atoms with Crippen LogP contribution in [0.25, 0.3) is 0 Å². The Labute approximate surface area is 174 Å². The Morgan fingerprint density at radius 2 is 2.24 bits per heavy atom. The molecule has 1 amide bonds. The first-order chi connectivity index (χ1) is 14.1. The molecule has 1 aliphatic rings. The van der Waals surface area contributed by atoms with E-state index in [1.54, 1.807) is 17.6 Å². The molecule has 0 aliphatic carbocycles. The number of amides is 1. The van der Waals surface area contributed by atoms with E-state index < -0.39 is 0 Å². The minimum absolute atomic E-state index is 0.0943. The van der Waals surface area contributed by atoms with Crippen LogP contribution in [0, 0.1) is 25.2 Å². The lowest BCUT2D eigenvalue weighted by atomic mass is 10.2. The van der Waals surface area contributed by atoms with Gasteiger partial charge in [0.15, 0.2) is 0 Å². The smallest absolute Gasteiger partial charge is 0.239 e. The molecule has 1 aliphatic heterocycles. The number of hydrogen-bond donors (Lipinski definition) is 1. The second kappa shape index (κ2) is 8.27. The van der Waals surface area contributed by atoms with Gasteiger partial charge in [-0.3, -0.25) is 9.69 Å². The van der Waals surface area contributed by atoms with Crippen molar-refractivity contribution in [3.8, 4) is 6.07 Å². The standard InChI is InChI=1S/C22H24N4O2S/c1-15-16(2)26(13-17-6-4-10-28-17)22(18(15)12-23)24-21(27)14-25-9-3-7-19(25)20-8-5-11-29-20/h4-6,8,10-11,19H,3,7,9,13-14H2,1-2H3,(H,24,27)/t19-/m1/s1. The zero-order valence-electron chi connectivity index (χ0n) is 16.6. The Kier molecular flexibility index (Phi) is 5.56. The number of nitriles is 1. The van der Waals surface area contributed by atoms with Crippen LogP contribution in [0.5, 0.6) is 0 Å². The molecule has 1 fully saturated rings. The highest BCUT2D eigenvalue weighted by atomic mass is 32.1. The molecular formula is C22H24N4O2S. The molecule has 0 aromatic carbocycles.